The van der Waals surface area contributed by atoms with Crippen LogP contribution < -0.4 is 9.64 Å². The van der Waals surface area contributed by atoms with E-state index in [1.807, 2.05) is 6.92 Å². The van der Waals surface area contributed by atoms with Crippen molar-refractivity contribution in [3.05, 3.63) is 59.0 Å². The Hall–Kier alpha value is -3.81. The van der Waals surface area contributed by atoms with Crippen LogP contribution >= 0.6 is 0 Å². The van der Waals surface area contributed by atoms with Crippen LogP contribution in [0, 0.1) is 0 Å². The third kappa shape index (κ3) is 6.89. The predicted octanol–water partition coefficient (Wildman–Crippen LogP) is 7.58. The third-order valence-electron chi connectivity index (χ3n) is 7.76. The van der Waals surface area contributed by atoms with Gasteiger partial charge in [-0.3, -0.25) is 0 Å². The molecule has 232 valence electrons. The highest BCUT2D eigenvalue weighted by atomic mass is 19.4. The number of ether oxygens (including phenoxy) is 2. The molecule has 2 aromatic heterocycles. The molecule has 0 bridgehead atoms. The van der Waals surface area contributed by atoms with Crippen molar-refractivity contribution in [2.75, 3.05) is 11.5 Å². The summed E-state index contributed by atoms with van der Waals surface area (Å²) >= 11 is 0. The molecule has 1 saturated heterocycles. The number of hydrogen-bond acceptors (Lipinski definition) is 7. The van der Waals surface area contributed by atoms with Gasteiger partial charge in [0.1, 0.15) is 23.0 Å². The number of alkyl halides is 6. The van der Waals surface area contributed by atoms with E-state index in [1.54, 1.807) is 11.0 Å². The zero-order valence-electron chi connectivity index (χ0n) is 23.0. The maximum Gasteiger partial charge on any atom is 0.573 e. The molecule has 0 amide bonds. The standard InChI is InChI=1S/C29H29F6N3O5/c1-2-17-9-10-18(38(17)24-13-22(28(30,31)32)20(14-36-24)27(39)40)11-12-41-15-21-25(37-43-26(21)16-7-8-16)19-5-3-4-6-23(19)42-29(33,34)35/h3-6,13-14,16-18H,2,7-12,15H2,1H3,(H,39,40)/t17?,18-/m0/s1. The van der Waals surface area contributed by atoms with Crippen LogP contribution in [-0.2, 0) is 17.5 Å². The van der Waals surface area contributed by atoms with Crippen molar-refractivity contribution in [2.24, 2.45) is 0 Å². The monoisotopic (exact) mass is 613 g/mol. The second kappa shape index (κ2) is 12.1. The normalized spacial score (nSPS) is 19.2. The average molecular weight is 614 g/mol. The molecule has 14 heteroatoms. The van der Waals surface area contributed by atoms with Crippen LogP contribution in [0.2, 0.25) is 0 Å². The first kappa shape index (κ1) is 30.6. The fourth-order valence-electron chi connectivity index (χ4n) is 5.62. The van der Waals surface area contributed by atoms with E-state index in [9.17, 15) is 36.2 Å². The number of hydrogen-bond donors (Lipinski definition) is 1. The fourth-order valence-corrected chi connectivity index (χ4v) is 5.62. The van der Waals surface area contributed by atoms with E-state index < -0.39 is 35.4 Å². The molecule has 2 atom stereocenters. The summed E-state index contributed by atoms with van der Waals surface area (Å²) in [6.45, 7) is 2.10. The van der Waals surface area contributed by atoms with Crippen molar-refractivity contribution < 1.29 is 50.2 Å². The van der Waals surface area contributed by atoms with E-state index in [4.69, 9.17) is 9.26 Å². The van der Waals surface area contributed by atoms with Gasteiger partial charge in [-0.25, -0.2) is 9.78 Å². The fraction of sp³-hybridized carbons (Fsp3) is 0.483. The molecule has 5 rings (SSSR count). The number of benzene rings is 1. The van der Waals surface area contributed by atoms with Crippen molar-refractivity contribution in [3.8, 4) is 17.0 Å². The predicted molar refractivity (Wildman–Crippen MR) is 141 cm³/mol. The molecule has 8 nitrogen and oxygen atoms in total. The summed E-state index contributed by atoms with van der Waals surface area (Å²) in [7, 11) is 0. The minimum absolute atomic E-state index is 0.00126. The summed E-state index contributed by atoms with van der Waals surface area (Å²) in [5.41, 5.74) is -1.35. The van der Waals surface area contributed by atoms with Crippen LogP contribution in [-0.4, -0.2) is 46.3 Å². The number of para-hydroxylation sites is 1. The molecule has 2 aliphatic rings. The van der Waals surface area contributed by atoms with Crippen LogP contribution in [0.1, 0.15) is 78.6 Å². The van der Waals surface area contributed by atoms with Crippen LogP contribution in [0.3, 0.4) is 0 Å². The molecular formula is C29H29F6N3O5. The van der Waals surface area contributed by atoms with Crippen molar-refractivity contribution >= 4 is 11.8 Å². The summed E-state index contributed by atoms with van der Waals surface area (Å²) in [6.07, 6.45) is -4.87. The van der Waals surface area contributed by atoms with Gasteiger partial charge < -0.3 is 24.0 Å². The number of nitrogens with zero attached hydrogens (tertiary/aromatic N) is 3. The first-order chi connectivity index (χ1) is 20.4. The van der Waals surface area contributed by atoms with E-state index in [2.05, 4.69) is 14.9 Å². The van der Waals surface area contributed by atoms with Gasteiger partial charge in [0.15, 0.2) is 0 Å². The van der Waals surface area contributed by atoms with Crippen LogP contribution in [0.25, 0.3) is 11.3 Å². The first-order valence-corrected chi connectivity index (χ1v) is 13.9. The summed E-state index contributed by atoms with van der Waals surface area (Å²) in [5, 5.41) is 13.3. The lowest BCUT2D eigenvalue weighted by molar-refractivity contribution is -0.274. The second-order valence-corrected chi connectivity index (χ2v) is 10.6. The molecule has 1 N–H and O–H groups in total. The van der Waals surface area contributed by atoms with Gasteiger partial charge in [-0.15, -0.1) is 13.2 Å². The molecular weight excluding hydrogens is 584 g/mol. The van der Waals surface area contributed by atoms with Gasteiger partial charge in [0.25, 0.3) is 0 Å². The summed E-state index contributed by atoms with van der Waals surface area (Å²) in [5.74, 6) is -1.44. The lowest BCUT2D eigenvalue weighted by Gasteiger charge is -2.32. The number of aromatic nitrogens is 2. The maximum atomic E-state index is 13.7. The molecule has 1 unspecified atom stereocenters. The Morgan fingerprint density at radius 3 is 2.47 bits per heavy atom. The van der Waals surface area contributed by atoms with Gasteiger partial charge in [0.05, 0.1) is 17.7 Å². The number of aromatic carboxylic acids is 1. The number of pyridine rings is 1. The molecule has 1 aliphatic heterocycles. The average Bonchev–Trinajstić information content (AvgIpc) is 3.57. The SMILES string of the molecule is CCC1CC[C@@H](CCOCc2c(-c3ccccc3OC(F)(F)F)noc2C2CC2)N1c1cc(C(F)(F)F)c(C(=O)O)cn1. The third-order valence-corrected chi connectivity index (χ3v) is 7.76. The number of carboxylic acids is 1. The Bertz CT molecular complexity index is 1450. The van der Waals surface area contributed by atoms with Gasteiger partial charge in [-0.05, 0) is 56.7 Å². The minimum Gasteiger partial charge on any atom is -0.478 e. The van der Waals surface area contributed by atoms with Crippen molar-refractivity contribution in [1.29, 1.82) is 0 Å². The van der Waals surface area contributed by atoms with Crippen molar-refractivity contribution in [1.82, 2.24) is 10.1 Å². The van der Waals surface area contributed by atoms with E-state index in [1.165, 1.54) is 18.2 Å². The molecule has 43 heavy (non-hydrogen) atoms. The Morgan fingerprint density at radius 2 is 1.81 bits per heavy atom. The van der Waals surface area contributed by atoms with E-state index in [-0.39, 0.29) is 48.3 Å². The number of carbonyl (C=O) groups is 1. The Labute approximate surface area is 242 Å². The molecule has 3 aromatic rings. The molecule has 3 heterocycles. The highest BCUT2D eigenvalue weighted by molar-refractivity contribution is 5.89. The zero-order valence-corrected chi connectivity index (χ0v) is 23.0. The molecule has 1 saturated carbocycles. The smallest absolute Gasteiger partial charge is 0.478 e. The summed E-state index contributed by atoms with van der Waals surface area (Å²) in [4.78, 5) is 17.3. The van der Waals surface area contributed by atoms with Gasteiger partial charge in [0.2, 0.25) is 0 Å². The van der Waals surface area contributed by atoms with E-state index in [0.29, 0.717) is 37.0 Å². The Kier molecular flexibility index (Phi) is 8.59. The summed E-state index contributed by atoms with van der Waals surface area (Å²) in [6, 6.07) is 6.11. The molecule has 0 radical (unpaired) electrons. The van der Waals surface area contributed by atoms with Crippen LogP contribution in [0.5, 0.6) is 5.75 Å². The molecule has 2 fully saturated rings. The number of halogens is 6. The Morgan fingerprint density at radius 1 is 1.09 bits per heavy atom. The quantitative estimate of drug-likeness (QED) is 0.175. The largest absolute Gasteiger partial charge is 0.573 e. The topological polar surface area (TPSA) is 97.9 Å². The van der Waals surface area contributed by atoms with Crippen LogP contribution in [0.15, 0.2) is 41.1 Å². The zero-order chi connectivity index (χ0) is 30.9. The lowest BCUT2D eigenvalue weighted by Crippen LogP contribution is -2.37. The highest BCUT2D eigenvalue weighted by Gasteiger charge is 2.40. The second-order valence-electron chi connectivity index (χ2n) is 10.6. The number of carboxylic acid groups (broad SMARTS) is 1. The maximum absolute atomic E-state index is 13.7. The van der Waals surface area contributed by atoms with Crippen molar-refractivity contribution in [2.45, 2.75) is 82.6 Å². The minimum atomic E-state index is -4.90. The molecule has 1 aromatic carbocycles. The van der Waals surface area contributed by atoms with E-state index in [0.717, 1.165) is 25.1 Å². The number of rotatable bonds is 11. The highest BCUT2D eigenvalue weighted by Crippen LogP contribution is 2.46. The van der Waals surface area contributed by atoms with Gasteiger partial charge in [-0.1, -0.05) is 24.2 Å². The molecule has 1 aliphatic carbocycles. The first-order valence-electron chi connectivity index (χ1n) is 13.9. The van der Waals surface area contributed by atoms with Crippen molar-refractivity contribution in [3.63, 3.8) is 0 Å². The lowest BCUT2D eigenvalue weighted by atomic mass is 10.0. The molecule has 0 spiro atoms. The van der Waals surface area contributed by atoms with Gasteiger partial charge >= 0.3 is 18.5 Å². The van der Waals surface area contributed by atoms with Gasteiger partial charge in [-0.2, -0.15) is 13.2 Å². The van der Waals surface area contributed by atoms with Gasteiger partial charge in [0, 0.05) is 41.9 Å². The van der Waals surface area contributed by atoms with Crippen LogP contribution in [0.4, 0.5) is 32.2 Å². The number of anilines is 1. The summed E-state index contributed by atoms with van der Waals surface area (Å²) < 4.78 is 95.9. The Balaban J connectivity index is 1.32. The van der Waals surface area contributed by atoms with E-state index >= 15 is 0 Å².